The standard InChI is InChI=1S/C13H17N3O3/c17-13(15-9-11-5-6-14-8-11)7-10-1-3-12(4-2-10)16(18)19/h1-4,11,14H,5-9H2,(H,15,17). The van der Waals surface area contributed by atoms with Crippen LogP contribution in [0.5, 0.6) is 0 Å². The highest BCUT2D eigenvalue weighted by Crippen LogP contribution is 2.12. The molecule has 0 saturated carbocycles. The fourth-order valence-corrected chi connectivity index (χ4v) is 2.13. The van der Waals surface area contributed by atoms with Gasteiger partial charge in [-0.25, -0.2) is 0 Å². The van der Waals surface area contributed by atoms with E-state index < -0.39 is 4.92 Å². The number of nitro benzene ring substituents is 1. The number of non-ortho nitro benzene ring substituents is 1. The Morgan fingerprint density at radius 3 is 2.74 bits per heavy atom. The van der Waals surface area contributed by atoms with E-state index in [1.165, 1.54) is 12.1 Å². The van der Waals surface area contributed by atoms with E-state index in [2.05, 4.69) is 10.6 Å². The third kappa shape index (κ3) is 4.03. The van der Waals surface area contributed by atoms with Gasteiger partial charge < -0.3 is 10.6 Å². The van der Waals surface area contributed by atoms with Crippen molar-refractivity contribution in [1.29, 1.82) is 0 Å². The molecule has 0 spiro atoms. The van der Waals surface area contributed by atoms with Crippen LogP contribution in [0.15, 0.2) is 24.3 Å². The van der Waals surface area contributed by atoms with Gasteiger partial charge in [0.2, 0.25) is 5.91 Å². The average molecular weight is 263 g/mol. The Balaban J connectivity index is 1.79. The fourth-order valence-electron chi connectivity index (χ4n) is 2.13. The molecule has 1 aromatic rings. The zero-order chi connectivity index (χ0) is 13.7. The molecule has 1 atom stereocenters. The van der Waals surface area contributed by atoms with Crippen molar-refractivity contribution in [2.45, 2.75) is 12.8 Å². The third-order valence-corrected chi connectivity index (χ3v) is 3.26. The molecule has 1 aromatic carbocycles. The zero-order valence-corrected chi connectivity index (χ0v) is 10.6. The molecule has 2 N–H and O–H groups in total. The van der Waals surface area contributed by atoms with E-state index in [1.807, 2.05) is 0 Å². The van der Waals surface area contributed by atoms with Gasteiger partial charge in [-0.2, -0.15) is 0 Å². The lowest BCUT2D eigenvalue weighted by atomic mass is 10.1. The van der Waals surface area contributed by atoms with Gasteiger partial charge in [-0.05, 0) is 31.0 Å². The first-order valence-corrected chi connectivity index (χ1v) is 6.36. The molecule has 0 aliphatic carbocycles. The van der Waals surface area contributed by atoms with E-state index in [-0.39, 0.29) is 18.0 Å². The summed E-state index contributed by atoms with van der Waals surface area (Å²) in [5, 5.41) is 16.6. The van der Waals surface area contributed by atoms with Crippen molar-refractivity contribution >= 4 is 11.6 Å². The summed E-state index contributed by atoms with van der Waals surface area (Å²) < 4.78 is 0. The molecule has 1 unspecified atom stereocenters. The number of nitrogens with one attached hydrogen (secondary N) is 2. The molecule has 1 heterocycles. The second-order valence-electron chi connectivity index (χ2n) is 4.76. The predicted molar refractivity (Wildman–Crippen MR) is 70.8 cm³/mol. The van der Waals surface area contributed by atoms with E-state index in [9.17, 15) is 14.9 Å². The Labute approximate surface area is 111 Å². The average Bonchev–Trinajstić information content (AvgIpc) is 2.90. The topological polar surface area (TPSA) is 84.3 Å². The van der Waals surface area contributed by atoms with E-state index >= 15 is 0 Å². The smallest absolute Gasteiger partial charge is 0.269 e. The van der Waals surface area contributed by atoms with Gasteiger partial charge in [-0.3, -0.25) is 14.9 Å². The molecule has 0 bridgehead atoms. The number of benzene rings is 1. The summed E-state index contributed by atoms with van der Waals surface area (Å²) in [6.45, 7) is 2.67. The van der Waals surface area contributed by atoms with Gasteiger partial charge in [0.1, 0.15) is 0 Å². The second-order valence-corrected chi connectivity index (χ2v) is 4.76. The second kappa shape index (κ2) is 6.29. The van der Waals surface area contributed by atoms with E-state index in [4.69, 9.17) is 0 Å². The highest BCUT2D eigenvalue weighted by Gasteiger charge is 2.15. The van der Waals surface area contributed by atoms with E-state index in [0.717, 1.165) is 25.1 Å². The monoisotopic (exact) mass is 263 g/mol. The maximum atomic E-state index is 11.7. The molecule has 1 saturated heterocycles. The van der Waals surface area contributed by atoms with Crippen molar-refractivity contribution in [2.24, 2.45) is 5.92 Å². The van der Waals surface area contributed by atoms with Gasteiger partial charge in [0, 0.05) is 18.7 Å². The summed E-state index contributed by atoms with van der Waals surface area (Å²) in [6.07, 6.45) is 1.36. The van der Waals surface area contributed by atoms with Gasteiger partial charge in [0.05, 0.1) is 11.3 Å². The lowest BCUT2D eigenvalue weighted by Gasteiger charge is -2.09. The minimum absolute atomic E-state index is 0.0410. The fraction of sp³-hybridized carbons (Fsp3) is 0.462. The molecule has 1 amide bonds. The molecule has 1 aliphatic heterocycles. The Bertz CT molecular complexity index is 453. The number of carbonyl (C=O) groups is 1. The normalized spacial score (nSPS) is 18.2. The van der Waals surface area contributed by atoms with Crippen molar-refractivity contribution in [3.63, 3.8) is 0 Å². The SMILES string of the molecule is O=C(Cc1ccc([N+](=O)[O-])cc1)NCC1CCNC1. The lowest BCUT2D eigenvalue weighted by molar-refractivity contribution is -0.384. The molecule has 6 heteroatoms. The van der Waals surface area contributed by atoms with Crippen molar-refractivity contribution in [3.05, 3.63) is 39.9 Å². The number of hydrogen-bond acceptors (Lipinski definition) is 4. The van der Waals surface area contributed by atoms with Crippen LogP contribution < -0.4 is 10.6 Å². The van der Waals surface area contributed by atoms with Crippen molar-refractivity contribution in [2.75, 3.05) is 19.6 Å². The molecule has 102 valence electrons. The van der Waals surface area contributed by atoms with Crippen LogP contribution in [-0.2, 0) is 11.2 Å². The van der Waals surface area contributed by atoms with Crippen LogP contribution in [0, 0.1) is 16.0 Å². The Morgan fingerprint density at radius 2 is 2.16 bits per heavy atom. The summed E-state index contributed by atoms with van der Waals surface area (Å²) in [5.41, 5.74) is 0.828. The Hall–Kier alpha value is -1.95. The molecule has 6 nitrogen and oxygen atoms in total. The van der Waals surface area contributed by atoms with Gasteiger partial charge in [0.25, 0.3) is 5.69 Å². The molecule has 19 heavy (non-hydrogen) atoms. The van der Waals surface area contributed by atoms with Crippen LogP contribution in [0.25, 0.3) is 0 Å². The number of nitrogens with zero attached hydrogens (tertiary/aromatic N) is 1. The first kappa shape index (κ1) is 13.5. The van der Waals surface area contributed by atoms with Gasteiger partial charge >= 0.3 is 0 Å². The van der Waals surface area contributed by atoms with Crippen molar-refractivity contribution in [3.8, 4) is 0 Å². The van der Waals surface area contributed by atoms with Crippen LogP contribution in [0.2, 0.25) is 0 Å². The first-order valence-electron chi connectivity index (χ1n) is 6.36. The summed E-state index contributed by atoms with van der Waals surface area (Å²) >= 11 is 0. The summed E-state index contributed by atoms with van der Waals surface area (Å²) in [6, 6.07) is 6.08. The van der Waals surface area contributed by atoms with Crippen LogP contribution in [-0.4, -0.2) is 30.5 Å². The van der Waals surface area contributed by atoms with Gasteiger partial charge in [-0.15, -0.1) is 0 Å². The molecular formula is C13H17N3O3. The van der Waals surface area contributed by atoms with E-state index in [1.54, 1.807) is 12.1 Å². The molecule has 0 aromatic heterocycles. The maximum absolute atomic E-state index is 11.7. The van der Waals surface area contributed by atoms with Crippen LogP contribution >= 0.6 is 0 Å². The number of nitro groups is 1. The van der Waals surface area contributed by atoms with Crippen LogP contribution in [0.3, 0.4) is 0 Å². The van der Waals surface area contributed by atoms with Gasteiger partial charge in [0.15, 0.2) is 0 Å². The molecule has 1 fully saturated rings. The molecular weight excluding hydrogens is 246 g/mol. The molecule has 2 rings (SSSR count). The summed E-state index contributed by atoms with van der Waals surface area (Å²) in [5.74, 6) is 0.474. The maximum Gasteiger partial charge on any atom is 0.269 e. The largest absolute Gasteiger partial charge is 0.355 e. The predicted octanol–water partition coefficient (Wildman–Crippen LogP) is 0.863. The van der Waals surface area contributed by atoms with Crippen LogP contribution in [0.4, 0.5) is 5.69 Å². The quantitative estimate of drug-likeness (QED) is 0.609. The van der Waals surface area contributed by atoms with Crippen LogP contribution in [0.1, 0.15) is 12.0 Å². The highest BCUT2D eigenvalue weighted by molar-refractivity contribution is 5.78. The number of hydrogen-bond donors (Lipinski definition) is 2. The Kier molecular flexibility index (Phi) is 4.46. The number of carbonyl (C=O) groups excluding carboxylic acids is 1. The number of amides is 1. The summed E-state index contributed by atoms with van der Waals surface area (Å²) in [7, 11) is 0. The minimum atomic E-state index is -0.447. The first-order chi connectivity index (χ1) is 9.15. The lowest BCUT2D eigenvalue weighted by Crippen LogP contribution is -2.31. The summed E-state index contributed by atoms with van der Waals surface area (Å²) in [4.78, 5) is 21.8. The van der Waals surface area contributed by atoms with Crippen molar-refractivity contribution < 1.29 is 9.72 Å². The molecule has 1 aliphatic rings. The highest BCUT2D eigenvalue weighted by atomic mass is 16.6. The van der Waals surface area contributed by atoms with Crippen molar-refractivity contribution in [1.82, 2.24) is 10.6 Å². The van der Waals surface area contributed by atoms with E-state index in [0.29, 0.717) is 12.5 Å². The zero-order valence-electron chi connectivity index (χ0n) is 10.6. The number of rotatable bonds is 5. The third-order valence-electron chi connectivity index (χ3n) is 3.26. The minimum Gasteiger partial charge on any atom is -0.355 e. The Morgan fingerprint density at radius 1 is 1.42 bits per heavy atom. The molecule has 0 radical (unpaired) electrons. The van der Waals surface area contributed by atoms with Gasteiger partial charge in [-0.1, -0.05) is 12.1 Å².